The Morgan fingerprint density at radius 2 is 2.27 bits per heavy atom. The smallest absolute Gasteiger partial charge is 0.152 e. The molecule has 1 nitrogen and oxygen atoms in total. The van der Waals surface area contributed by atoms with Gasteiger partial charge in [-0.2, -0.15) is 11.8 Å². The summed E-state index contributed by atoms with van der Waals surface area (Å²) in [6.45, 7) is 0. The van der Waals surface area contributed by atoms with Crippen molar-refractivity contribution in [3.63, 3.8) is 0 Å². The van der Waals surface area contributed by atoms with Crippen molar-refractivity contribution in [1.82, 2.24) is 0 Å². The largest absolute Gasteiger partial charge is 0.298 e. The van der Waals surface area contributed by atoms with E-state index in [0.29, 0.717) is 10.5 Å². The highest BCUT2D eigenvalue weighted by atomic mass is 35.5. The summed E-state index contributed by atoms with van der Waals surface area (Å²) in [5, 5.41) is 0.837. The van der Waals surface area contributed by atoms with Gasteiger partial charge < -0.3 is 0 Å². The number of ketones is 1. The van der Waals surface area contributed by atoms with E-state index in [1.54, 1.807) is 0 Å². The molecule has 2 fully saturated rings. The Morgan fingerprint density at radius 3 is 3.09 bits per heavy atom. The number of hydrogen-bond acceptors (Lipinski definition) is 2. The Hall–Kier alpha value is 0.310. The molecule has 2 heterocycles. The molecule has 3 atom stereocenters. The molecule has 0 amide bonds. The van der Waals surface area contributed by atoms with E-state index in [1.807, 2.05) is 11.8 Å². The fraction of sp³-hybridized carbons (Fsp3) is 0.875. The predicted molar refractivity (Wildman–Crippen MR) is 48.3 cm³/mol. The molecule has 2 saturated heterocycles. The molecule has 11 heavy (non-hydrogen) atoms. The van der Waals surface area contributed by atoms with Gasteiger partial charge in [0.2, 0.25) is 0 Å². The van der Waals surface area contributed by atoms with Crippen molar-refractivity contribution < 1.29 is 4.79 Å². The van der Waals surface area contributed by atoms with Crippen molar-refractivity contribution in [1.29, 1.82) is 0 Å². The average molecular weight is 191 g/mol. The first-order valence-corrected chi connectivity index (χ1v) is 5.47. The summed E-state index contributed by atoms with van der Waals surface area (Å²) in [6, 6.07) is 0. The minimum absolute atomic E-state index is 0.184. The van der Waals surface area contributed by atoms with Crippen LogP contribution in [0.4, 0.5) is 0 Å². The lowest BCUT2D eigenvalue weighted by molar-refractivity contribution is -0.119. The Balaban J connectivity index is 2.11. The van der Waals surface area contributed by atoms with E-state index in [1.165, 1.54) is 12.8 Å². The van der Waals surface area contributed by atoms with Gasteiger partial charge in [-0.25, -0.2) is 0 Å². The van der Waals surface area contributed by atoms with E-state index in [2.05, 4.69) is 0 Å². The van der Waals surface area contributed by atoms with Gasteiger partial charge in [0, 0.05) is 16.9 Å². The first kappa shape index (κ1) is 7.93. The number of carbonyl (C=O) groups is 1. The van der Waals surface area contributed by atoms with E-state index in [-0.39, 0.29) is 11.2 Å². The van der Waals surface area contributed by atoms with Crippen LogP contribution in [0.3, 0.4) is 0 Å². The second-order valence-electron chi connectivity index (χ2n) is 3.30. The van der Waals surface area contributed by atoms with Crippen LogP contribution in [-0.4, -0.2) is 21.7 Å². The summed E-state index contributed by atoms with van der Waals surface area (Å²) >= 11 is 7.89. The molecule has 3 unspecified atom stereocenters. The van der Waals surface area contributed by atoms with Crippen LogP contribution in [0.15, 0.2) is 0 Å². The van der Waals surface area contributed by atoms with Crippen LogP contribution in [-0.2, 0) is 4.79 Å². The number of hydrogen-bond donors (Lipinski definition) is 0. The molecule has 2 aliphatic heterocycles. The Morgan fingerprint density at radius 1 is 1.45 bits per heavy atom. The van der Waals surface area contributed by atoms with E-state index < -0.39 is 0 Å². The summed E-state index contributed by atoms with van der Waals surface area (Å²) in [6.07, 6.45) is 4.34. The first-order valence-electron chi connectivity index (χ1n) is 4.09. The number of thioether (sulfide) groups is 1. The van der Waals surface area contributed by atoms with Gasteiger partial charge in [0.25, 0.3) is 0 Å². The van der Waals surface area contributed by atoms with Gasteiger partial charge in [-0.05, 0) is 12.8 Å². The topological polar surface area (TPSA) is 17.1 Å². The maximum atomic E-state index is 11.3. The number of carbonyl (C=O) groups excluding carboxylic acids is 1. The average Bonchev–Trinajstić information content (AvgIpc) is 2.01. The molecule has 2 bridgehead atoms. The molecule has 0 aliphatic carbocycles. The highest BCUT2D eigenvalue weighted by molar-refractivity contribution is 8.00. The van der Waals surface area contributed by atoms with E-state index in [0.717, 1.165) is 12.8 Å². The van der Waals surface area contributed by atoms with Gasteiger partial charge >= 0.3 is 0 Å². The molecule has 0 spiro atoms. The van der Waals surface area contributed by atoms with Crippen LogP contribution in [0.5, 0.6) is 0 Å². The van der Waals surface area contributed by atoms with E-state index in [4.69, 9.17) is 11.6 Å². The van der Waals surface area contributed by atoms with Crippen LogP contribution < -0.4 is 0 Å². The van der Waals surface area contributed by atoms with Gasteiger partial charge in [-0.1, -0.05) is 6.42 Å². The molecule has 0 aromatic carbocycles. The van der Waals surface area contributed by atoms with Gasteiger partial charge in [0.15, 0.2) is 5.78 Å². The zero-order valence-corrected chi connectivity index (χ0v) is 7.83. The monoisotopic (exact) mass is 190 g/mol. The van der Waals surface area contributed by atoms with Gasteiger partial charge in [-0.3, -0.25) is 4.79 Å². The third kappa shape index (κ3) is 1.43. The summed E-state index contributed by atoms with van der Waals surface area (Å²) in [4.78, 5) is 11.3. The van der Waals surface area contributed by atoms with Crippen LogP contribution in [0, 0.1) is 0 Å². The highest BCUT2D eigenvalue weighted by Crippen LogP contribution is 2.41. The minimum atomic E-state index is -0.184. The molecule has 3 heteroatoms. The fourth-order valence-electron chi connectivity index (χ4n) is 1.84. The Bertz CT molecular complexity index is 183. The van der Waals surface area contributed by atoms with Gasteiger partial charge in [0.05, 0.1) is 0 Å². The highest BCUT2D eigenvalue weighted by Gasteiger charge is 2.38. The maximum Gasteiger partial charge on any atom is 0.152 e. The lowest BCUT2D eigenvalue weighted by Crippen LogP contribution is -2.38. The Kier molecular flexibility index (Phi) is 2.15. The molecule has 0 aromatic rings. The zero-order chi connectivity index (χ0) is 7.84. The van der Waals surface area contributed by atoms with Crippen molar-refractivity contribution in [2.75, 3.05) is 0 Å². The zero-order valence-electron chi connectivity index (χ0n) is 6.25. The normalized spacial score (nSPS) is 44.1. The lowest BCUT2D eigenvalue weighted by atomic mass is 9.97. The molecule has 62 valence electrons. The molecular weight excluding hydrogens is 180 g/mol. The number of halogens is 1. The second-order valence-corrected chi connectivity index (χ2v) is 5.31. The molecule has 0 saturated carbocycles. The van der Waals surface area contributed by atoms with Gasteiger partial charge in [0.1, 0.15) is 5.38 Å². The van der Waals surface area contributed by atoms with Crippen molar-refractivity contribution in [2.45, 2.75) is 41.6 Å². The standard InChI is InChI=1S/C8H11ClOS/c9-8-6(10)4-5-2-1-3-7(8)11-5/h5,7-8H,1-4H2. The molecule has 2 aliphatic rings. The second kappa shape index (κ2) is 2.98. The first-order chi connectivity index (χ1) is 5.27. The van der Waals surface area contributed by atoms with Crippen LogP contribution >= 0.6 is 23.4 Å². The fourth-order valence-corrected chi connectivity index (χ4v) is 3.88. The van der Waals surface area contributed by atoms with Gasteiger partial charge in [-0.15, -0.1) is 11.6 Å². The van der Waals surface area contributed by atoms with Crippen LogP contribution in [0.1, 0.15) is 25.7 Å². The summed E-state index contributed by atoms with van der Waals surface area (Å²) in [5.74, 6) is 0.278. The maximum absolute atomic E-state index is 11.3. The SMILES string of the molecule is O=C1CC2CCCC(S2)C1Cl. The Labute approximate surface area is 75.9 Å². The van der Waals surface area contributed by atoms with Crippen molar-refractivity contribution in [3.05, 3.63) is 0 Å². The number of rotatable bonds is 0. The third-order valence-electron chi connectivity index (χ3n) is 2.44. The molecule has 0 N–H and O–H groups in total. The summed E-state index contributed by atoms with van der Waals surface area (Å²) < 4.78 is 0. The summed E-state index contributed by atoms with van der Waals surface area (Å²) in [7, 11) is 0. The van der Waals surface area contributed by atoms with Crippen LogP contribution in [0.2, 0.25) is 0 Å². The number of Topliss-reactive ketones (excluding diaryl/α,β-unsaturated/α-hetero) is 1. The molecular formula is C8H11ClOS. The lowest BCUT2D eigenvalue weighted by Gasteiger charge is -2.35. The third-order valence-corrected chi connectivity index (χ3v) is 4.79. The predicted octanol–water partition coefficient (Wildman–Crippen LogP) is 2.22. The molecule has 0 aromatic heterocycles. The molecule has 0 radical (unpaired) electrons. The number of alkyl halides is 1. The van der Waals surface area contributed by atoms with E-state index >= 15 is 0 Å². The quantitative estimate of drug-likeness (QED) is 0.545. The van der Waals surface area contributed by atoms with Crippen molar-refractivity contribution in [2.24, 2.45) is 0 Å². The van der Waals surface area contributed by atoms with Crippen molar-refractivity contribution >= 4 is 29.1 Å². The molecule has 2 rings (SSSR count). The minimum Gasteiger partial charge on any atom is -0.298 e. The van der Waals surface area contributed by atoms with Crippen molar-refractivity contribution in [3.8, 4) is 0 Å². The number of fused-ring (bicyclic) bond motifs is 2. The van der Waals surface area contributed by atoms with Crippen LogP contribution in [0.25, 0.3) is 0 Å². The summed E-state index contributed by atoms with van der Waals surface area (Å²) in [5.41, 5.74) is 0. The van der Waals surface area contributed by atoms with E-state index in [9.17, 15) is 4.79 Å².